The minimum atomic E-state index is 0.348. The maximum Gasteiger partial charge on any atom is 0.119 e. The molecule has 1 aliphatic rings. The molecule has 0 aromatic heterocycles. The molecule has 0 fully saturated rings. The third kappa shape index (κ3) is 2.47. The van der Waals surface area contributed by atoms with Gasteiger partial charge in [0.1, 0.15) is 5.75 Å². The van der Waals surface area contributed by atoms with Crippen LogP contribution < -0.4 is 10.1 Å². The summed E-state index contributed by atoms with van der Waals surface area (Å²) in [6, 6.07) is 15.0. The van der Waals surface area contributed by atoms with E-state index in [0.29, 0.717) is 6.04 Å². The predicted molar refractivity (Wildman–Crippen MR) is 81.8 cm³/mol. The predicted octanol–water partition coefficient (Wildman–Crippen LogP) is 4.56. The normalized spacial score (nSPS) is 17.5. The van der Waals surface area contributed by atoms with Gasteiger partial charge >= 0.3 is 0 Å². The summed E-state index contributed by atoms with van der Waals surface area (Å²) in [6.45, 7) is 0. The number of halogens is 1. The number of aryl methyl sites for hydroxylation is 1. The monoisotopic (exact) mass is 317 g/mol. The van der Waals surface area contributed by atoms with Crippen LogP contribution in [-0.4, -0.2) is 7.11 Å². The number of rotatable bonds is 2. The van der Waals surface area contributed by atoms with Gasteiger partial charge in [-0.25, -0.2) is 0 Å². The molecule has 0 saturated carbocycles. The van der Waals surface area contributed by atoms with E-state index in [4.69, 9.17) is 4.74 Å². The minimum Gasteiger partial charge on any atom is -0.497 e. The third-order valence-corrected chi connectivity index (χ3v) is 4.28. The largest absolute Gasteiger partial charge is 0.497 e. The van der Waals surface area contributed by atoms with Gasteiger partial charge in [0.15, 0.2) is 0 Å². The first-order valence-electron chi connectivity index (χ1n) is 6.46. The second-order valence-electron chi connectivity index (χ2n) is 4.79. The average Bonchev–Trinajstić information content (AvgIpc) is 2.47. The highest BCUT2D eigenvalue weighted by atomic mass is 79.9. The summed E-state index contributed by atoms with van der Waals surface area (Å²) in [5, 5.41) is 3.63. The second kappa shape index (κ2) is 5.25. The molecule has 0 spiro atoms. The highest BCUT2D eigenvalue weighted by Gasteiger charge is 2.20. The van der Waals surface area contributed by atoms with Crippen LogP contribution in [0.5, 0.6) is 5.75 Å². The van der Waals surface area contributed by atoms with E-state index in [1.807, 2.05) is 12.1 Å². The van der Waals surface area contributed by atoms with E-state index in [1.54, 1.807) is 7.11 Å². The molecule has 0 aliphatic carbocycles. The molecular formula is C16H16BrNO. The summed E-state index contributed by atoms with van der Waals surface area (Å²) in [7, 11) is 1.71. The van der Waals surface area contributed by atoms with Gasteiger partial charge in [0.25, 0.3) is 0 Å². The Balaban J connectivity index is 1.91. The van der Waals surface area contributed by atoms with Gasteiger partial charge in [0, 0.05) is 4.47 Å². The van der Waals surface area contributed by atoms with Crippen molar-refractivity contribution in [2.45, 2.75) is 18.9 Å². The Kier molecular flexibility index (Phi) is 3.47. The zero-order valence-corrected chi connectivity index (χ0v) is 12.4. The maximum absolute atomic E-state index is 5.30. The van der Waals surface area contributed by atoms with Crippen LogP contribution in [0.15, 0.2) is 46.9 Å². The Morgan fingerprint density at radius 2 is 2.05 bits per heavy atom. The SMILES string of the molecule is COc1cccc(C2CCc3cccc(Br)c3N2)c1. The summed E-state index contributed by atoms with van der Waals surface area (Å²) < 4.78 is 6.44. The van der Waals surface area contributed by atoms with E-state index in [1.165, 1.54) is 16.8 Å². The zero-order chi connectivity index (χ0) is 13.2. The van der Waals surface area contributed by atoms with Gasteiger partial charge in [-0.2, -0.15) is 0 Å². The highest BCUT2D eigenvalue weighted by Crippen LogP contribution is 2.37. The lowest BCUT2D eigenvalue weighted by atomic mass is 9.93. The van der Waals surface area contributed by atoms with Crippen molar-refractivity contribution in [3.05, 3.63) is 58.1 Å². The van der Waals surface area contributed by atoms with E-state index in [9.17, 15) is 0 Å². The van der Waals surface area contributed by atoms with Crippen molar-refractivity contribution >= 4 is 21.6 Å². The highest BCUT2D eigenvalue weighted by molar-refractivity contribution is 9.10. The fraction of sp³-hybridized carbons (Fsp3) is 0.250. The number of anilines is 1. The topological polar surface area (TPSA) is 21.3 Å². The van der Waals surface area contributed by atoms with Gasteiger partial charge in [-0.05, 0) is 58.1 Å². The minimum absolute atomic E-state index is 0.348. The Labute approximate surface area is 121 Å². The summed E-state index contributed by atoms with van der Waals surface area (Å²) >= 11 is 3.62. The van der Waals surface area contributed by atoms with Gasteiger partial charge < -0.3 is 10.1 Å². The number of para-hydroxylation sites is 1. The first-order valence-corrected chi connectivity index (χ1v) is 7.25. The maximum atomic E-state index is 5.30. The molecule has 3 rings (SSSR count). The molecule has 0 saturated heterocycles. The Bertz CT molecular complexity index is 597. The van der Waals surface area contributed by atoms with E-state index in [-0.39, 0.29) is 0 Å². The summed E-state index contributed by atoms with van der Waals surface area (Å²) in [4.78, 5) is 0. The van der Waals surface area contributed by atoms with Gasteiger partial charge in [-0.15, -0.1) is 0 Å². The van der Waals surface area contributed by atoms with E-state index < -0.39 is 0 Å². The number of benzene rings is 2. The number of fused-ring (bicyclic) bond motifs is 1. The second-order valence-corrected chi connectivity index (χ2v) is 5.64. The van der Waals surface area contributed by atoms with Crippen molar-refractivity contribution < 1.29 is 4.74 Å². The van der Waals surface area contributed by atoms with Crippen LogP contribution in [-0.2, 0) is 6.42 Å². The molecule has 1 atom stereocenters. The summed E-state index contributed by atoms with van der Waals surface area (Å²) in [5.41, 5.74) is 3.89. The Morgan fingerprint density at radius 1 is 1.21 bits per heavy atom. The van der Waals surface area contributed by atoms with Crippen LogP contribution in [0.2, 0.25) is 0 Å². The number of ether oxygens (including phenoxy) is 1. The third-order valence-electron chi connectivity index (χ3n) is 3.62. The molecule has 1 N–H and O–H groups in total. The van der Waals surface area contributed by atoms with E-state index in [2.05, 4.69) is 51.6 Å². The molecule has 19 heavy (non-hydrogen) atoms. The standard InChI is InChI=1S/C16H16BrNO/c1-19-13-6-2-5-12(10-13)15-9-8-11-4-3-7-14(17)16(11)18-15/h2-7,10,15,18H,8-9H2,1H3. The molecular weight excluding hydrogens is 302 g/mol. The van der Waals surface area contributed by atoms with Crippen molar-refractivity contribution in [3.8, 4) is 5.75 Å². The first kappa shape index (κ1) is 12.5. The smallest absolute Gasteiger partial charge is 0.119 e. The first-order chi connectivity index (χ1) is 9.28. The lowest BCUT2D eigenvalue weighted by Crippen LogP contribution is -2.18. The molecule has 1 aliphatic heterocycles. The lowest BCUT2D eigenvalue weighted by Gasteiger charge is -2.28. The van der Waals surface area contributed by atoms with Crippen molar-refractivity contribution in [1.29, 1.82) is 0 Å². The van der Waals surface area contributed by atoms with Crippen molar-refractivity contribution in [2.75, 3.05) is 12.4 Å². The van der Waals surface area contributed by atoms with Crippen molar-refractivity contribution in [3.63, 3.8) is 0 Å². The fourth-order valence-electron chi connectivity index (χ4n) is 2.59. The Morgan fingerprint density at radius 3 is 2.89 bits per heavy atom. The van der Waals surface area contributed by atoms with Gasteiger partial charge in [-0.3, -0.25) is 0 Å². The summed E-state index contributed by atoms with van der Waals surface area (Å²) in [5.74, 6) is 0.914. The molecule has 2 aromatic carbocycles. The number of nitrogens with one attached hydrogen (secondary N) is 1. The lowest BCUT2D eigenvalue weighted by molar-refractivity contribution is 0.414. The molecule has 2 nitrogen and oxygen atoms in total. The van der Waals surface area contributed by atoms with E-state index >= 15 is 0 Å². The van der Waals surface area contributed by atoms with E-state index in [0.717, 1.165) is 23.1 Å². The molecule has 3 heteroatoms. The summed E-state index contributed by atoms with van der Waals surface area (Å²) in [6.07, 6.45) is 2.21. The average molecular weight is 318 g/mol. The molecule has 1 heterocycles. The van der Waals surface area contributed by atoms with Gasteiger partial charge in [-0.1, -0.05) is 24.3 Å². The van der Waals surface area contributed by atoms with Crippen molar-refractivity contribution in [1.82, 2.24) is 0 Å². The number of methoxy groups -OCH3 is 1. The van der Waals surface area contributed by atoms with Crippen molar-refractivity contribution in [2.24, 2.45) is 0 Å². The zero-order valence-electron chi connectivity index (χ0n) is 10.8. The van der Waals surface area contributed by atoms with Crippen LogP contribution in [0.1, 0.15) is 23.6 Å². The van der Waals surface area contributed by atoms with Crippen LogP contribution in [0.3, 0.4) is 0 Å². The molecule has 1 unspecified atom stereocenters. The van der Waals surface area contributed by atoms with Crippen LogP contribution in [0, 0.1) is 0 Å². The van der Waals surface area contributed by atoms with Crippen LogP contribution >= 0.6 is 15.9 Å². The van der Waals surface area contributed by atoms with Gasteiger partial charge in [0.2, 0.25) is 0 Å². The van der Waals surface area contributed by atoms with Crippen LogP contribution in [0.4, 0.5) is 5.69 Å². The Hall–Kier alpha value is -1.48. The number of hydrogen-bond donors (Lipinski definition) is 1. The molecule has 98 valence electrons. The molecule has 0 radical (unpaired) electrons. The molecule has 0 bridgehead atoms. The molecule has 0 amide bonds. The quantitative estimate of drug-likeness (QED) is 0.876. The van der Waals surface area contributed by atoms with Gasteiger partial charge in [0.05, 0.1) is 18.8 Å². The fourth-order valence-corrected chi connectivity index (χ4v) is 3.11. The number of hydrogen-bond acceptors (Lipinski definition) is 2. The molecule has 2 aromatic rings. The van der Waals surface area contributed by atoms with Crippen LogP contribution in [0.25, 0.3) is 0 Å².